The Morgan fingerprint density at radius 3 is 2.93 bits per heavy atom. The molecule has 0 aromatic carbocycles. The maximum absolute atomic E-state index is 10.3. The minimum atomic E-state index is -0.694. The zero-order valence-corrected chi connectivity index (χ0v) is 8.37. The van der Waals surface area contributed by atoms with E-state index in [2.05, 4.69) is 0 Å². The topological polar surface area (TPSA) is 70.7 Å². The Morgan fingerprint density at radius 1 is 1.57 bits per heavy atom. The highest BCUT2D eigenvalue weighted by molar-refractivity contribution is 7.98. The number of rotatable bonds is 6. The second kappa shape index (κ2) is 5.85. The first-order valence-corrected chi connectivity index (χ1v) is 5.32. The molecule has 0 saturated carbocycles. The molecule has 0 aliphatic heterocycles. The van der Waals surface area contributed by atoms with Crippen LogP contribution in [0.25, 0.3) is 0 Å². The first kappa shape index (κ1) is 11.3. The lowest BCUT2D eigenvalue weighted by Crippen LogP contribution is -2.14. The Balaban J connectivity index is 2.27. The SMILES string of the molecule is O=Cc1ccc(CSCC(O)CO)o1. The summed E-state index contributed by atoms with van der Waals surface area (Å²) in [5.41, 5.74) is 0. The predicted molar refractivity (Wildman–Crippen MR) is 53.4 cm³/mol. The van der Waals surface area contributed by atoms with Crippen LogP contribution in [-0.2, 0) is 5.75 Å². The lowest BCUT2D eigenvalue weighted by Gasteiger charge is -2.04. The van der Waals surface area contributed by atoms with E-state index in [0.29, 0.717) is 29.3 Å². The fraction of sp³-hybridized carbons (Fsp3) is 0.444. The van der Waals surface area contributed by atoms with Crippen molar-refractivity contribution < 1.29 is 19.4 Å². The quantitative estimate of drug-likeness (QED) is 0.684. The van der Waals surface area contributed by atoms with Crippen LogP contribution in [0.1, 0.15) is 16.3 Å². The van der Waals surface area contributed by atoms with Gasteiger partial charge in [-0.15, -0.1) is 0 Å². The minimum Gasteiger partial charge on any atom is -0.457 e. The van der Waals surface area contributed by atoms with E-state index in [4.69, 9.17) is 14.6 Å². The van der Waals surface area contributed by atoms with E-state index >= 15 is 0 Å². The zero-order valence-electron chi connectivity index (χ0n) is 7.55. The Kier molecular flexibility index (Phi) is 4.72. The Labute approximate surface area is 85.9 Å². The molecule has 1 heterocycles. The van der Waals surface area contributed by atoms with Crippen LogP contribution in [0, 0.1) is 0 Å². The van der Waals surface area contributed by atoms with Crippen molar-refractivity contribution in [1.82, 2.24) is 0 Å². The van der Waals surface area contributed by atoms with Crippen LogP contribution >= 0.6 is 11.8 Å². The summed E-state index contributed by atoms with van der Waals surface area (Å²) in [6.45, 7) is -0.231. The largest absolute Gasteiger partial charge is 0.457 e. The van der Waals surface area contributed by atoms with Gasteiger partial charge in [0.15, 0.2) is 12.0 Å². The van der Waals surface area contributed by atoms with Gasteiger partial charge >= 0.3 is 0 Å². The minimum absolute atomic E-state index is 0.231. The summed E-state index contributed by atoms with van der Waals surface area (Å²) in [5, 5.41) is 17.6. The molecule has 0 saturated heterocycles. The van der Waals surface area contributed by atoms with Gasteiger partial charge in [0.05, 0.1) is 18.5 Å². The van der Waals surface area contributed by atoms with Gasteiger partial charge in [-0.1, -0.05) is 0 Å². The van der Waals surface area contributed by atoms with Crippen LogP contribution in [0.5, 0.6) is 0 Å². The van der Waals surface area contributed by atoms with Gasteiger partial charge in [-0.2, -0.15) is 11.8 Å². The van der Waals surface area contributed by atoms with Crippen molar-refractivity contribution in [2.45, 2.75) is 11.9 Å². The predicted octanol–water partition coefficient (Wildman–Crippen LogP) is 0.678. The Morgan fingerprint density at radius 2 is 2.36 bits per heavy atom. The van der Waals surface area contributed by atoms with Gasteiger partial charge in [0, 0.05) is 5.75 Å². The number of aldehydes is 1. The van der Waals surface area contributed by atoms with E-state index in [1.807, 2.05) is 0 Å². The van der Waals surface area contributed by atoms with Crippen molar-refractivity contribution in [3.05, 3.63) is 23.7 Å². The van der Waals surface area contributed by atoms with Crippen molar-refractivity contribution in [3.63, 3.8) is 0 Å². The Bertz CT molecular complexity index is 284. The molecular weight excluding hydrogens is 204 g/mol. The Hall–Kier alpha value is -0.780. The summed E-state index contributed by atoms with van der Waals surface area (Å²) < 4.78 is 5.12. The van der Waals surface area contributed by atoms with Gasteiger partial charge in [0.2, 0.25) is 0 Å². The number of thioether (sulfide) groups is 1. The lowest BCUT2D eigenvalue weighted by atomic mass is 10.4. The molecule has 1 aromatic heterocycles. The molecule has 0 aliphatic rings. The molecule has 14 heavy (non-hydrogen) atoms. The van der Waals surface area contributed by atoms with Crippen LogP contribution in [0.4, 0.5) is 0 Å². The average molecular weight is 216 g/mol. The van der Waals surface area contributed by atoms with E-state index in [1.165, 1.54) is 11.8 Å². The highest BCUT2D eigenvalue weighted by Crippen LogP contribution is 2.15. The molecule has 0 radical (unpaired) electrons. The number of hydrogen-bond acceptors (Lipinski definition) is 5. The first-order valence-electron chi connectivity index (χ1n) is 4.17. The summed E-state index contributed by atoms with van der Waals surface area (Å²) >= 11 is 1.44. The van der Waals surface area contributed by atoms with Crippen molar-refractivity contribution in [2.75, 3.05) is 12.4 Å². The zero-order chi connectivity index (χ0) is 10.4. The maximum atomic E-state index is 10.3. The monoisotopic (exact) mass is 216 g/mol. The second-order valence-corrected chi connectivity index (χ2v) is 3.80. The molecule has 0 spiro atoms. The number of hydrogen-bond donors (Lipinski definition) is 2. The van der Waals surface area contributed by atoms with E-state index < -0.39 is 6.10 Å². The summed E-state index contributed by atoms with van der Waals surface area (Å²) in [6, 6.07) is 3.33. The standard InChI is InChI=1S/C9H12O4S/c10-3-7(12)5-14-6-9-2-1-8(4-11)13-9/h1-2,4,7,10,12H,3,5-6H2. The van der Waals surface area contributed by atoms with Crippen LogP contribution in [0.15, 0.2) is 16.5 Å². The molecule has 0 bridgehead atoms. The smallest absolute Gasteiger partial charge is 0.185 e. The summed E-state index contributed by atoms with van der Waals surface area (Å²) in [5.74, 6) is 2.05. The number of carbonyl (C=O) groups excluding carboxylic acids is 1. The number of aliphatic hydroxyl groups excluding tert-OH is 2. The highest BCUT2D eigenvalue weighted by Gasteiger charge is 2.04. The van der Waals surface area contributed by atoms with Gasteiger partial charge in [-0.25, -0.2) is 0 Å². The van der Waals surface area contributed by atoms with E-state index in [1.54, 1.807) is 12.1 Å². The highest BCUT2D eigenvalue weighted by atomic mass is 32.2. The van der Waals surface area contributed by atoms with Crippen molar-refractivity contribution in [3.8, 4) is 0 Å². The van der Waals surface area contributed by atoms with Gasteiger partial charge in [-0.05, 0) is 12.1 Å². The molecule has 5 heteroatoms. The second-order valence-electron chi connectivity index (χ2n) is 2.77. The van der Waals surface area contributed by atoms with Gasteiger partial charge in [0.25, 0.3) is 0 Å². The van der Waals surface area contributed by atoms with Crippen molar-refractivity contribution in [2.24, 2.45) is 0 Å². The fourth-order valence-electron chi connectivity index (χ4n) is 0.884. The van der Waals surface area contributed by atoms with E-state index in [-0.39, 0.29) is 6.61 Å². The third kappa shape index (κ3) is 3.53. The summed E-state index contributed by atoms with van der Waals surface area (Å²) in [6.07, 6.45) is -0.0444. The number of aliphatic hydroxyl groups is 2. The van der Waals surface area contributed by atoms with Gasteiger partial charge in [-0.3, -0.25) is 4.79 Å². The normalized spacial score (nSPS) is 12.7. The van der Waals surface area contributed by atoms with Gasteiger partial charge in [0.1, 0.15) is 5.76 Å². The molecule has 0 amide bonds. The third-order valence-electron chi connectivity index (χ3n) is 1.56. The van der Waals surface area contributed by atoms with E-state index in [0.717, 1.165) is 0 Å². The van der Waals surface area contributed by atoms with Crippen molar-refractivity contribution >= 4 is 18.0 Å². The lowest BCUT2D eigenvalue weighted by molar-refractivity contribution is 0.109. The molecule has 78 valence electrons. The van der Waals surface area contributed by atoms with Crippen LogP contribution in [0.3, 0.4) is 0 Å². The molecule has 2 N–H and O–H groups in total. The van der Waals surface area contributed by atoms with Crippen LogP contribution < -0.4 is 0 Å². The average Bonchev–Trinajstić information content (AvgIpc) is 2.65. The molecule has 4 nitrogen and oxygen atoms in total. The number of furan rings is 1. The van der Waals surface area contributed by atoms with E-state index in [9.17, 15) is 4.79 Å². The third-order valence-corrected chi connectivity index (χ3v) is 2.67. The van der Waals surface area contributed by atoms with Crippen LogP contribution in [-0.4, -0.2) is 35.0 Å². The molecule has 1 rings (SSSR count). The molecular formula is C9H12O4S. The molecule has 0 aliphatic carbocycles. The fourth-order valence-corrected chi connectivity index (χ4v) is 1.74. The van der Waals surface area contributed by atoms with Crippen LogP contribution in [0.2, 0.25) is 0 Å². The summed E-state index contributed by atoms with van der Waals surface area (Å²) in [4.78, 5) is 10.3. The van der Waals surface area contributed by atoms with Gasteiger partial charge < -0.3 is 14.6 Å². The number of carbonyl (C=O) groups is 1. The van der Waals surface area contributed by atoms with Crippen molar-refractivity contribution in [1.29, 1.82) is 0 Å². The summed E-state index contributed by atoms with van der Waals surface area (Å²) in [7, 11) is 0. The molecule has 1 aromatic rings. The molecule has 1 atom stereocenters. The molecule has 1 unspecified atom stereocenters. The maximum Gasteiger partial charge on any atom is 0.185 e. The molecule has 0 fully saturated rings. The first-order chi connectivity index (χ1) is 6.76.